The first-order valence-electron chi connectivity index (χ1n) is 4.97. The predicted octanol–water partition coefficient (Wildman–Crippen LogP) is 1.17. The van der Waals surface area contributed by atoms with E-state index in [9.17, 15) is 4.79 Å². The molecule has 1 aliphatic heterocycles. The summed E-state index contributed by atoms with van der Waals surface area (Å²) in [4.78, 5) is 15.7. The Kier molecular flexibility index (Phi) is 1.34. The second kappa shape index (κ2) is 2.35. The van der Waals surface area contributed by atoms with E-state index in [2.05, 4.69) is 16.4 Å². The average molecular weight is 188 g/mol. The number of nitrogens with one attached hydrogen (secondary N) is 1. The molecule has 0 atom stereocenters. The van der Waals surface area contributed by atoms with Gasteiger partial charge in [-0.2, -0.15) is 0 Å². The van der Waals surface area contributed by atoms with Gasteiger partial charge in [-0.25, -0.2) is 0 Å². The molecule has 1 aromatic rings. The predicted molar refractivity (Wildman–Crippen MR) is 52.2 cm³/mol. The van der Waals surface area contributed by atoms with E-state index in [0.29, 0.717) is 0 Å². The van der Waals surface area contributed by atoms with Gasteiger partial charge in [0.15, 0.2) is 0 Å². The number of nitrogens with zero attached hydrogens (tertiary/aromatic N) is 1. The topological polar surface area (TPSA) is 42.0 Å². The SMILES string of the molecule is Cc1cc2c(cn1)C(=O)NCC21CC1. The number of amides is 1. The summed E-state index contributed by atoms with van der Waals surface area (Å²) in [5, 5.41) is 2.93. The van der Waals surface area contributed by atoms with Crippen molar-refractivity contribution in [2.24, 2.45) is 0 Å². The van der Waals surface area contributed by atoms with Crippen molar-refractivity contribution in [3.05, 3.63) is 29.1 Å². The Morgan fingerprint density at radius 2 is 2.29 bits per heavy atom. The Labute approximate surface area is 82.5 Å². The second-order valence-electron chi connectivity index (χ2n) is 4.33. The zero-order valence-corrected chi connectivity index (χ0v) is 8.13. The minimum absolute atomic E-state index is 0.0324. The summed E-state index contributed by atoms with van der Waals surface area (Å²) >= 11 is 0. The average Bonchev–Trinajstić information content (AvgIpc) is 2.93. The van der Waals surface area contributed by atoms with E-state index < -0.39 is 0 Å². The van der Waals surface area contributed by atoms with Crippen LogP contribution in [0.15, 0.2) is 12.3 Å². The van der Waals surface area contributed by atoms with Crippen LogP contribution < -0.4 is 5.32 Å². The standard InChI is InChI=1S/C11H12N2O/c1-7-4-9-8(5-12-7)10(14)13-6-11(9)2-3-11/h4-5H,2-3,6H2,1H3,(H,13,14). The highest BCUT2D eigenvalue weighted by Crippen LogP contribution is 2.50. The highest BCUT2D eigenvalue weighted by atomic mass is 16.1. The number of hydrogen-bond acceptors (Lipinski definition) is 2. The van der Waals surface area contributed by atoms with Gasteiger partial charge in [0.2, 0.25) is 0 Å². The molecular weight excluding hydrogens is 176 g/mol. The Morgan fingerprint density at radius 1 is 1.50 bits per heavy atom. The Hall–Kier alpha value is -1.38. The van der Waals surface area contributed by atoms with Crippen molar-refractivity contribution in [3.63, 3.8) is 0 Å². The van der Waals surface area contributed by atoms with Crippen molar-refractivity contribution in [2.75, 3.05) is 6.54 Å². The van der Waals surface area contributed by atoms with Crippen molar-refractivity contribution in [1.82, 2.24) is 10.3 Å². The summed E-state index contributed by atoms with van der Waals surface area (Å²) in [7, 11) is 0. The Morgan fingerprint density at radius 3 is 3.00 bits per heavy atom. The zero-order valence-electron chi connectivity index (χ0n) is 8.13. The first-order valence-corrected chi connectivity index (χ1v) is 4.97. The van der Waals surface area contributed by atoms with E-state index >= 15 is 0 Å². The third-order valence-corrected chi connectivity index (χ3v) is 3.30. The first-order chi connectivity index (χ1) is 6.71. The highest BCUT2D eigenvalue weighted by Gasteiger charge is 2.48. The number of rotatable bonds is 0. The maximum Gasteiger partial charge on any atom is 0.253 e. The quantitative estimate of drug-likeness (QED) is 0.664. The first kappa shape index (κ1) is 7.97. The molecule has 0 bridgehead atoms. The largest absolute Gasteiger partial charge is 0.351 e. The summed E-state index contributed by atoms with van der Waals surface area (Å²) in [5.41, 5.74) is 3.26. The minimum atomic E-state index is 0.0324. The summed E-state index contributed by atoms with van der Waals surface area (Å²) in [6.45, 7) is 2.78. The van der Waals surface area contributed by atoms with Crippen LogP contribution in [0.1, 0.15) is 34.5 Å². The maximum atomic E-state index is 11.6. The Bertz CT molecular complexity index is 421. The summed E-state index contributed by atoms with van der Waals surface area (Å²) < 4.78 is 0. The fourth-order valence-corrected chi connectivity index (χ4v) is 2.22. The van der Waals surface area contributed by atoms with Crippen LogP contribution >= 0.6 is 0 Å². The third-order valence-electron chi connectivity index (χ3n) is 3.30. The van der Waals surface area contributed by atoms with Gasteiger partial charge in [-0.3, -0.25) is 9.78 Å². The van der Waals surface area contributed by atoms with Gasteiger partial charge >= 0.3 is 0 Å². The lowest BCUT2D eigenvalue weighted by Gasteiger charge is -2.25. The van der Waals surface area contributed by atoms with Gasteiger partial charge in [0.05, 0.1) is 5.56 Å². The van der Waals surface area contributed by atoms with Gasteiger partial charge in [-0.15, -0.1) is 0 Å². The number of pyridine rings is 1. The van der Waals surface area contributed by atoms with Crippen LogP contribution in [0.25, 0.3) is 0 Å². The van der Waals surface area contributed by atoms with Crippen LogP contribution in [0.4, 0.5) is 0 Å². The molecule has 72 valence electrons. The molecule has 2 heterocycles. The Balaban J connectivity index is 2.22. The second-order valence-corrected chi connectivity index (χ2v) is 4.33. The molecule has 0 radical (unpaired) electrons. The lowest BCUT2D eigenvalue weighted by atomic mass is 9.88. The van der Waals surface area contributed by atoms with Crippen LogP contribution in [-0.2, 0) is 5.41 Å². The van der Waals surface area contributed by atoms with Crippen molar-refractivity contribution in [1.29, 1.82) is 0 Å². The molecule has 0 unspecified atom stereocenters. The van der Waals surface area contributed by atoms with Crippen molar-refractivity contribution in [3.8, 4) is 0 Å². The number of aryl methyl sites for hydroxylation is 1. The molecule has 1 aliphatic carbocycles. The summed E-state index contributed by atoms with van der Waals surface area (Å²) in [5.74, 6) is 0.0324. The van der Waals surface area contributed by atoms with E-state index in [4.69, 9.17) is 0 Å². The fraction of sp³-hybridized carbons (Fsp3) is 0.455. The summed E-state index contributed by atoms with van der Waals surface area (Å²) in [6, 6.07) is 2.07. The molecule has 0 saturated heterocycles. The van der Waals surface area contributed by atoms with Crippen molar-refractivity contribution >= 4 is 5.91 Å². The molecule has 2 aliphatic rings. The van der Waals surface area contributed by atoms with E-state index in [-0.39, 0.29) is 11.3 Å². The number of aromatic nitrogens is 1. The number of hydrogen-bond donors (Lipinski definition) is 1. The van der Waals surface area contributed by atoms with E-state index in [1.54, 1.807) is 6.20 Å². The lowest BCUT2D eigenvalue weighted by molar-refractivity contribution is 0.0937. The van der Waals surface area contributed by atoms with Crippen LogP contribution in [-0.4, -0.2) is 17.4 Å². The van der Waals surface area contributed by atoms with Gasteiger partial charge in [-0.1, -0.05) is 0 Å². The van der Waals surface area contributed by atoms with Crippen LogP contribution in [0.2, 0.25) is 0 Å². The van der Waals surface area contributed by atoms with E-state index in [1.165, 1.54) is 18.4 Å². The van der Waals surface area contributed by atoms with E-state index in [0.717, 1.165) is 17.8 Å². The lowest BCUT2D eigenvalue weighted by Crippen LogP contribution is -2.39. The maximum absolute atomic E-state index is 11.6. The molecule has 1 N–H and O–H groups in total. The molecule has 1 amide bonds. The molecule has 0 aromatic carbocycles. The molecule has 1 saturated carbocycles. The van der Waals surface area contributed by atoms with Gasteiger partial charge < -0.3 is 5.32 Å². The van der Waals surface area contributed by atoms with Gasteiger partial charge in [0.1, 0.15) is 0 Å². The highest BCUT2D eigenvalue weighted by molar-refractivity contribution is 5.97. The molecule has 3 rings (SSSR count). The normalized spacial score (nSPS) is 21.6. The third kappa shape index (κ3) is 0.924. The van der Waals surface area contributed by atoms with Crippen molar-refractivity contribution in [2.45, 2.75) is 25.2 Å². The number of fused-ring (bicyclic) bond motifs is 2. The van der Waals surface area contributed by atoms with Gasteiger partial charge in [-0.05, 0) is 31.4 Å². The smallest absolute Gasteiger partial charge is 0.253 e. The van der Waals surface area contributed by atoms with Gasteiger partial charge in [0.25, 0.3) is 5.91 Å². The van der Waals surface area contributed by atoms with Crippen LogP contribution in [0.5, 0.6) is 0 Å². The molecule has 1 spiro atoms. The molecule has 3 heteroatoms. The van der Waals surface area contributed by atoms with Crippen molar-refractivity contribution < 1.29 is 4.79 Å². The fourth-order valence-electron chi connectivity index (χ4n) is 2.22. The molecule has 14 heavy (non-hydrogen) atoms. The zero-order chi connectivity index (χ0) is 9.76. The minimum Gasteiger partial charge on any atom is -0.351 e. The molecule has 3 nitrogen and oxygen atoms in total. The number of carbonyl (C=O) groups is 1. The monoisotopic (exact) mass is 188 g/mol. The molecule has 1 aromatic heterocycles. The number of carbonyl (C=O) groups excluding carboxylic acids is 1. The van der Waals surface area contributed by atoms with E-state index in [1.807, 2.05) is 6.92 Å². The molecular formula is C11H12N2O. The summed E-state index contributed by atoms with van der Waals surface area (Å²) in [6.07, 6.45) is 4.10. The van der Waals surface area contributed by atoms with Gasteiger partial charge in [0, 0.05) is 23.9 Å². The molecule has 1 fully saturated rings. The van der Waals surface area contributed by atoms with Crippen LogP contribution in [0, 0.1) is 6.92 Å². The van der Waals surface area contributed by atoms with Crippen LogP contribution in [0.3, 0.4) is 0 Å².